The van der Waals surface area contributed by atoms with Crippen LogP contribution in [0.3, 0.4) is 0 Å². The van der Waals surface area contributed by atoms with Gasteiger partial charge in [-0.25, -0.2) is 0 Å². The van der Waals surface area contributed by atoms with Crippen molar-refractivity contribution in [2.24, 2.45) is 17.3 Å². The lowest BCUT2D eigenvalue weighted by Crippen LogP contribution is -2.56. The molecule has 1 N–H and O–H groups in total. The number of carbonyl (C=O) groups is 2. The van der Waals surface area contributed by atoms with Crippen molar-refractivity contribution in [1.29, 1.82) is 0 Å². The highest BCUT2D eigenvalue weighted by Gasteiger charge is 2.64. The highest BCUT2D eigenvalue weighted by Crippen LogP contribution is 2.64. The fraction of sp³-hybridized carbons (Fsp3) is 0.440. The van der Waals surface area contributed by atoms with E-state index >= 15 is 0 Å². The molecule has 1 heterocycles. The normalized spacial score (nSPS) is 26.4. The Labute approximate surface area is 199 Å². The maximum atomic E-state index is 13.6. The molecule has 4 rings (SSSR count). The summed E-state index contributed by atoms with van der Waals surface area (Å²) in [6.07, 6.45) is -3.60. The molecule has 2 aliphatic rings. The van der Waals surface area contributed by atoms with Gasteiger partial charge in [0.25, 0.3) is 0 Å². The first-order valence-corrected chi connectivity index (χ1v) is 11.7. The minimum absolute atomic E-state index is 0.0186. The molecule has 33 heavy (non-hydrogen) atoms. The lowest BCUT2D eigenvalue weighted by atomic mass is 9.88. The van der Waals surface area contributed by atoms with Crippen LogP contribution in [0.25, 0.3) is 0 Å². The van der Waals surface area contributed by atoms with E-state index in [4.69, 9.17) is 0 Å². The molecule has 0 aromatic heterocycles. The van der Waals surface area contributed by atoms with Gasteiger partial charge in [-0.15, -0.1) is 0 Å². The topological polar surface area (TPSA) is 49.4 Å². The van der Waals surface area contributed by atoms with Crippen LogP contribution < -0.4 is 5.32 Å². The van der Waals surface area contributed by atoms with Crippen LogP contribution in [0.1, 0.15) is 44.7 Å². The van der Waals surface area contributed by atoms with Crippen molar-refractivity contribution in [3.8, 4) is 0 Å². The Bertz CT molecular complexity index is 1070. The average molecular weight is 523 g/mol. The number of hydrogen-bond donors (Lipinski definition) is 1. The first-order valence-electron chi connectivity index (χ1n) is 10.9. The lowest BCUT2D eigenvalue weighted by Gasteiger charge is -2.40. The third kappa shape index (κ3) is 4.54. The molecule has 4 nitrogen and oxygen atoms in total. The van der Waals surface area contributed by atoms with Gasteiger partial charge in [0.05, 0.1) is 5.56 Å². The summed E-state index contributed by atoms with van der Waals surface area (Å²) in [7, 11) is 0. The Kier molecular flexibility index (Phi) is 5.88. The average Bonchev–Trinajstić information content (AvgIpc) is 3.28. The fourth-order valence-electron chi connectivity index (χ4n) is 5.04. The molecular formula is C25H26BrF3N2O2. The molecule has 176 valence electrons. The molecule has 0 bridgehead atoms. The van der Waals surface area contributed by atoms with Crippen molar-refractivity contribution < 1.29 is 22.8 Å². The molecule has 2 aromatic rings. The molecule has 2 aromatic carbocycles. The Hall–Kier alpha value is -2.35. The molecule has 3 atom stereocenters. The van der Waals surface area contributed by atoms with E-state index in [1.165, 1.54) is 12.1 Å². The highest BCUT2D eigenvalue weighted by atomic mass is 79.9. The predicted octanol–water partition coefficient (Wildman–Crippen LogP) is 6.26. The van der Waals surface area contributed by atoms with Crippen molar-refractivity contribution in [2.45, 2.75) is 51.9 Å². The number of benzene rings is 2. The molecule has 1 saturated heterocycles. The molecule has 1 aliphatic heterocycles. The van der Waals surface area contributed by atoms with Crippen molar-refractivity contribution >= 4 is 33.4 Å². The largest absolute Gasteiger partial charge is 0.416 e. The number of nitrogens with zero attached hydrogens (tertiary/aromatic N) is 1. The summed E-state index contributed by atoms with van der Waals surface area (Å²) in [6.45, 7) is 6.07. The summed E-state index contributed by atoms with van der Waals surface area (Å²) in [4.78, 5) is 28.5. The predicted molar refractivity (Wildman–Crippen MR) is 123 cm³/mol. The summed E-state index contributed by atoms with van der Waals surface area (Å²) < 4.78 is 39.7. The molecule has 2 fully saturated rings. The Balaban J connectivity index is 1.64. The van der Waals surface area contributed by atoms with Crippen LogP contribution in [0.2, 0.25) is 0 Å². The summed E-state index contributed by atoms with van der Waals surface area (Å²) in [5.74, 6) is -0.0306. The molecule has 1 aliphatic carbocycles. The second kappa shape index (κ2) is 8.15. The van der Waals surface area contributed by atoms with Crippen LogP contribution in [0, 0.1) is 17.3 Å². The first kappa shape index (κ1) is 23.8. The van der Waals surface area contributed by atoms with E-state index in [-0.39, 0.29) is 35.6 Å². The van der Waals surface area contributed by atoms with Crippen LogP contribution >= 0.6 is 15.9 Å². The number of nitrogens with one attached hydrogen (secondary N) is 1. The molecule has 8 heteroatoms. The van der Waals surface area contributed by atoms with Gasteiger partial charge in [0.1, 0.15) is 5.54 Å². The number of hydrogen-bond acceptors (Lipinski definition) is 2. The second-order valence-electron chi connectivity index (χ2n) is 9.85. The van der Waals surface area contributed by atoms with E-state index in [2.05, 4.69) is 35.1 Å². The third-order valence-corrected chi connectivity index (χ3v) is 7.94. The van der Waals surface area contributed by atoms with Gasteiger partial charge in [-0.3, -0.25) is 9.59 Å². The third-order valence-electron chi connectivity index (χ3n) is 7.41. The molecule has 2 amide bonds. The zero-order valence-corrected chi connectivity index (χ0v) is 20.3. The summed E-state index contributed by atoms with van der Waals surface area (Å²) in [5.41, 5.74) is -0.738. The van der Waals surface area contributed by atoms with E-state index in [1.807, 2.05) is 12.1 Å². The van der Waals surface area contributed by atoms with Gasteiger partial charge < -0.3 is 10.2 Å². The monoisotopic (exact) mass is 522 g/mol. The maximum Gasteiger partial charge on any atom is 0.416 e. The minimum atomic E-state index is -4.43. The Morgan fingerprint density at radius 2 is 1.67 bits per heavy atom. The van der Waals surface area contributed by atoms with Gasteiger partial charge in [-0.2, -0.15) is 13.2 Å². The number of alkyl halides is 3. The minimum Gasteiger partial charge on any atom is -0.324 e. The van der Waals surface area contributed by atoms with E-state index in [0.29, 0.717) is 24.1 Å². The van der Waals surface area contributed by atoms with Crippen molar-refractivity contribution in [3.63, 3.8) is 0 Å². The molecule has 0 radical (unpaired) electrons. The van der Waals surface area contributed by atoms with Gasteiger partial charge >= 0.3 is 6.18 Å². The number of halogens is 4. The fourth-order valence-corrected chi connectivity index (χ4v) is 5.30. The van der Waals surface area contributed by atoms with Gasteiger partial charge in [-0.1, -0.05) is 41.9 Å². The van der Waals surface area contributed by atoms with Gasteiger partial charge in [0.15, 0.2) is 0 Å². The van der Waals surface area contributed by atoms with Crippen molar-refractivity contribution in [2.75, 3.05) is 5.32 Å². The molecule has 0 spiro atoms. The first-order chi connectivity index (χ1) is 15.3. The quantitative estimate of drug-likeness (QED) is 0.515. The van der Waals surface area contributed by atoms with Crippen LogP contribution in [0.5, 0.6) is 0 Å². The van der Waals surface area contributed by atoms with Crippen LogP contribution in [0.4, 0.5) is 18.9 Å². The van der Waals surface area contributed by atoms with E-state index in [9.17, 15) is 22.8 Å². The maximum absolute atomic E-state index is 13.6. The van der Waals surface area contributed by atoms with Crippen LogP contribution in [-0.2, 0) is 22.3 Å². The standard InChI is InChI=1S/C25H26BrF3N2O2/c1-23(2)19-12-21(32)31(14-15-4-6-16(7-5-15)25(27,28)29)24(3,13-20(19)23)22(33)30-18-10-8-17(26)9-11-18/h4-11,19-20H,12-14H2,1-3H3,(H,30,33). The number of carbonyl (C=O) groups excluding carboxylic acids is 2. The molecular weight excluding hydrogens is 497 g/mol. The van der Waals surface area contributed by atoms with Crippen molar-refractivity contribution in [1.82, 2.24) is 4.90 Å². The SMILES string of the molecule is CC1(C)C2CC(=O)N(Cc3ccc(C(F)(F)F)cc3)C(C)(C(=O)Nc3ccc(Br)cc3)CC21. The smallest absolute Gasteiger partial charge is 0.324 e. The molecule has 3 unspecified atom stereocenters. The number of amides is 2. The highest BCUT2D eigenvalue weighted by molar-refractivity contribution is 9.10. The van der Waals surface area contributed by atoms with Crippen LogP contribution in [-0.4, -0.2) is 22.3 Å². The van der Waals surface area contributed by atoms with Gasteiger partial charge in [-0.05, 0) is 72.6 Å². The zero-order chi connectivity index (χ0) is 24.2. The zero-order valence-electron chi connectivity index (χ0n) is 18.7. The summed E-state index contributed by atoms with van der Waals surface area (Å²) in [5, 5.41) is 2.94. The molecule has 1 saturated carbocycles. The van der Waals surface area contributed by atoms with Crippen molar-refractivity contribution in [3.05, 3.63) is 64.1 Å². The van der Waals surface area contributed by atoms with E-state index in [0.717, 1.165) is 16.6 Å². The Morgan fingerprint density at radius 1 is 1.06 bits per heavy atom. The van der Waals surface area contributed by atoms with Gasteiger partial charge in [0, 0.05) is 23.1 Å². The number of rotatable bonds is 4. The Morgan fingerprint density at radius 3 is 2.24 bits per heavy atom. The summed E-state index contributed by atoms with van der Waals surface area (Å²) in [6, 6.07) is 11.9. The second-order valence-corrected chi connectivity index (χ2v) is 10.8. The van der Waals surface area contributed by atoms with Crippen LogP contribution in [0.15, 0.2) is 53.0 Å². The summed E-state index contributed by atoms with van der Waals surface area (Å²) >= 11 is 3.37. The number of likely N-dealkylation sites (tertiary alicyclic amines) is 1. The lowest BCUT2D eigenvalue weighted by molar-refractivity contribution is -0.145. The van der Waals surface area contributed by atoms with Gasteiger partial charge in [0.2, 0.25) is 11.8 Å². The number of anilines is 1. The van der Waals surface area contributed by atoms with E-state index in [1.54, 1.807) is 24.0 Å². The number of fused-ring (bicyclic) bond motifs is 1. The van der Waals surface area contributed by atoms with E-state index < -0.39 is 17.3 Å².